The molecule has 1 unspecified atom stereocenters. The normalized spacial score (nSPS) is 13.3. The van der Waals surface area contributed by atoms with E-state index in [1.807, 2.05) is 36.4 Å². The first-order chi connectivity index (χ1) is 12.7. The zero-order chi connectivity index (χ0) is 18.0. The molecule has 0 fully saturated rings. The fraction of sp³-hybridized carbons (Fsp3) is 0.0455. The zero-order valence-corrected chi connectivity index (χ0v) is 13.9. The van der Waals surface area contributed by atoms with Gasteiger partial charge in [-0.3, -0.25) is 4.79 Å². The molecule has 3 aromatic carbocycles. The first kappa shape index (κ1) is 16.1. The largest absolute Gasteiger partial charge is 0.372 e. The van der Waals surface area contributed by atoms with Gasteiger partial charge < -0.3 is 5.11 Å². The monoisotopic (exact) mass is 340 g/mol. The molecule has 0 saturated carbocycles. The molecule has 0 bridgehead atoms. The van der Waals surface area contributed by atoms with E-state index in [1.54, 1.807) is 54.7 Å². The van der Waals surface area contributed by atoms with Crippen LogP contribution >= 0.6 is 0 Å². The summed E-state index contributed by atoms with van der Waals surface area (Å²) in [6.07, 6.45) is 1.62. The van der Waals surface area contributed by atoms with Crippen molar-refractivity contribution >= 4 is 16.6 Å². The molecule has 4 heteroatoms. The first-order valence-electron chi connectivity index (χ1n) is 8.30. The first-order valence-corrected chi connectivity index (χ1v) is 8.30. The number of Topliss-reactive ketones (excluding diaryl/α,β-unsaturated/α-hetero) is 1. The molecule has 1 N–H and O–H groups in total. The number of hydrogen-bond acceptors (Lipinski definition) is 4. The van der Waals surface area contributed by atoms with Gasteiger partial charge in [-0.1, -0.05) is 84.9 Å². The topological polar surface area (TPSA) is 63.1 Å². The van der Waals surface area contributed by atoms with E-state index >= 15 is 0 Å². The van der Waals surface area contributed by atoms with Crippen LogP contribution in [0.4, 0.5) is 0 Å². The molecule has 4 nitrogen and oxygen atoms in total. The van der Waals surface area contributed by atoms with Crippen molar-refractivity contribution in [1.29, 1.82) is 0 Å². The quantitative estimate of drug-likeness (QED) is 0.575. The van der Waals surface area contributed by atoms with E-state index in [2.05, 4.69) is 10.2 Å². The molecule has 0 radical (unpaired) electrons. The van der Waals surface area contributed by atoms with Gasteiger partial charge in [0.25, 0.3) is 0 Å². The molecule has 4 aromatic rings. The van der Waals surface area contributed by atoms with Crippen LogP contribution < -0.4 is 0 Å². The predicted octanol–water partition coefficient (Wildman–Crippen LogP) is 3.75. The van der Waals surface area contributed by atoms with Gasteiger partial charge in [0.1, 0.15) is 5.69 Å². The molecule has 0 aliphatic heterocycles. The molecule has 1 atom stereocenters. The number of aliphatic hydroxyl groups is 1. The number of carbonyl (C=O) groups excluding carboxylic acids is 1. The summed E-state index contributed by atoms with van der Waals surface area (Å²) in [5.74, 6) is -0.435. The predicted molar refractivity (Wildman–Crippen MR) is 99.8 cm³/mol. The number of carbonyl (C=O) groups is 1. The Hall–Kier alpha value is -3.37. The minimum absolute atomic E-state index is 0.232. The van der Waals surface area contributed by atoms with Crippen LogP contribution in [-0.4, -0.2) is 21.1 Å². The van der Waals surface area contributed by atoms with E-state index in [4.69, 9.17) is 0 Å². The van der Waals surface area contributed by atoms with E-state index in [1.165, 1.54) is 0 Å². The highest BCUT2D eigenvalue weighted by Gasteiger charge is 2.43. The molecular formula is C22H16N2O2. The minimum atomic E-state index is -1.93. The Balaban J connectivity index is 2.02. The second kappa shape index (κ2) is 6.50. The van der Waals surface area contributed by atoms with E-state index in [0.717, 1.165) is 5.39 Å². The molecular weight excluding hydrogens is 324 g/mol. The molecule has 0 saturated heterocycles. The summed E-state index contributed by atoms with van der Waals surface area (Å²) in [5.41, 5.74) is -0.833. The number of rotatable bonds is 4. The van der Waals surface area contributed by atoms with Crippen molar-refractivity contribution in [3.05, 3.63) is 108 Å². The van der Waals surface area contributed by atoms with Crippen molar-refractivity contribution in [3.8, 4) is 0 Å². The SMILES string of the molecule is O=C(c1ccccc1)C(O)(c1ccccc1)c1nncc2ccccc12. The van der Waals surface area contributed by atoms with Crippen LogP contribution in [0.5, 0.6) is 0 Å². The Kier molecular flexibility index (Phi) is 4.03. The summed E-state index contributed by atoms with van der Waals surface area (Å²) in [5, 5.41) is 21.4. The molecule has 4 rings (SSSR count). The van der Waals surface area contributed by atoms with Gasteiger partial charge in [0.2, 0.25) is 5.78 Å². The summed E-state index contributed by atoms with van der Waals surface area (Å²) in [4.78, 5) is 13.4. The van der Waals surface area contributed by atoms with Crippen molar-refractivity contribution in [2.24, 2.45) is 0 Å². The molecule has 126 valence electrons. The number of benzene rings is 3. The smallest absolute Gasteiger partial charge is 0.205 e. The Bertz CT molecular complexity index is 1060. The van der Waals surface area contributed by atoms with Crippen LogP contribution in [-0.2, 0) is 5.60 Å². The second-order valence-corrected chi connectivity index (χ2v) is 6.05. The van der Waals surface area contributed by atoms with Crippen LogP contribution in [0.1, 0.15) is 21.6 Å². The van der Waals surface area contributed by atoms with Crippen LogP contribution in [0.3, 0.4) is 0 Å². The van der Waals surface area contributed by atoms with Crippen molar-refractivity contribution in [2.45, 2.75) is 5.60 Å². The van der Waals surface area contributed by atoms with E-state index in [9.17, 15) is 9.90 Å². The third kappa shape index (κ3) is 2.57. The maximum atomic E-state index is 13.4. The highest BCUT2D eigenvalue weighted by molar-refractivity contribution is 6.07. The Morgan fingerprint density at radius 3 is 2.15 bits per heavy atom. The maximum absolute atomic E-state index is 13.4. The van der Waals surface area contributed by atoms with Crippen molar-refractivity contribution in [1.82, 2.24) is 10.2 Å². The number of nitrogens with zero attached hydrogens (tertiary/aromatic N) is 2. The third-order valence-corrected chi connectivity index (χ3v) is 4.47. The van der Waals surface area contributed by atoms with Crippen molar-refractivity contribution < 1.29 is 9.90 Å². The van der Waals surface area contributed by atoms with Gasteiger partial charge in [-0.15, -0.1) is 0 Å². The van der Waals surface area contributed by atoms with Gasteiger partial charge in [-0.2, -0.15) is 10.2 Å². The second-order valence-electron chi connectivity index (χ2n) is 6.05. The lowest BCUT2D eigenvalue weighted by Crippen LogP contribution is -2.38. The van der Waals surface area contributed by atoms with Gasteiger partial charge in [0.05, 0.1) is 6.20 Å². The van der Waals surface area contributed by atoms with E-state index in [-0.39, 0.29) is 5.69 Å². The molecule has 0 amide bonds. The summed E-state index contributed by atoms with van der Waals surface area (Å²) >= 11 is 0. The van der Waals surface area contributed by atoms with Gasteiger partial charge in [-0.25, -0.2) is 0 Å². The van der Waals surface area contributed by atoms with Gasteiger partial charge in [-0.05, 0) is 5.56 Å². The molecule has 26 heavy (non-hydrogen) atoms. The number of fused-ring (bicyclic) bond motifs is 1. The Morgan fingerprint density at radius 2 is 1.42 bits per heavy atom. The average molecular weight is 340 g/mol. The summed E-state index contributed by atoms with van der Waals surface area (Å²) in [7, 11) is 0. The third-order valence-electron chi connectivity index (χ3n) is 4.47. The lowest BCUT2D eigenvalue weighted by molar-refractivity contribution is 0.0474. The molecule has 0 aliphatic carbocycles. The summed E-state index contributed by atoms with van der Waals surface area (Å²) in [6.45, 7) is 0. The van der Waals surface area contributed by atoms with Crippen molar-refractivity contribution in [2.75, 3.05) is 0 Å². The zero-order valence-electron chi connectivity index (χ0n) is 13.9. The van der Waals surface area contributed by atoms with Crippen molar-refractivity contribution in [3.63, 3.8) is 0 Å². The van der Waals surface area contributed by atoms with Crippen LogP contribution in [0.15, 0.2) is 91.1 Å². The van der Waals surface area contributed by atoms with Gasteiger partial charge in [0, 0.05) is 16.3 Å². The fourth-order valence-electron chi connectivity index (χ4n) is 3.15. The molecule has 0 spiro atoms. The van der Waals surface area contributed by atoms with Gasteiger partial charge >= 0.3 is 0 Å². The van der Waals surface area contributed by atoms with Crippen LogP contribution in [0.25, 0.3) is 10.8 Å². The Morgan fingerprint density at radius 1 is 0.808 bits per heavy atom. The molecule has 1 aromatic heterocycles. The molecule has 0 aliphatic rings. The van der Waals surface area contributed by atoms with Crippen LogP contribution in [0.2, 0.25) is 0 Å². The van der Waals surface area contributed by atoms with E-state index in [0.29, 0.717) is 16.5 Å². The van der Waals surface area contributed by atoms with Crippen LogP contribution in [0, 0.1) is 0 Å². The molecule has 1 heterocycles. The number of ketones is 1. The standard InChI is InChI=1S/C22H16N2O2/c25-21(16-9-3-1-4-10-16)22(26,18-12-5-2-6-13-18)20-19-14-8-7-11-17(19)15-23-24-20/h1-15,26H. The highest BCUT2D eigenvalue weighted by atomic mass is 16.3. The lowest BCUT2D eigenvalue weighted by atomic mass is 9.81. The number of aromatic nitrogens is 2. The lowest BCUT2D eigenvalue weighted by Gasteiger charge is -2.27. The highest BCUT2D eigenvalue weighted by Crippen LogP contribution is 2.35. The Labute approximate surface area is 150 Å². The van der Waals surface area contributed by atoms with E-state index < -0.39 is 11.4 Å². The maximum Gasteiger partial charge on any atom is 0.205 e. The number of hydrogen-bond donors (Lipinski definition) is 1. The average Bonchev–Trinajstić information content (AvgIpc) is 2.73. The van der Waals surface area contributed by atoms with Gasteiger partial charge in [0.15, 0.2) is 5.60 Å². The minimum Gasteiger partial charge on any atom is -0.372 e. The summed E-state index contributed by atoms with van der Waals surface area (Å²) in [6, 6.07) is 25.1. The fourth-order valence-corrected chi connectivity index (χ4v) is 3.15. The summed E-state index contributed by atoms with van der Waals surface area (Å²) < 4.78 is 0.